The molecule has 3 nitrogen and oxygen atoms in total. The van der Waals surface area contributed by atoms with Gasteiger partial charge in [-0.15, -0.1) is 11.3 Å². The SMILES string of the molecule is CCON/C=C/c1scnc1C. The molecule has 0 saturated carbocycles. The number of hydrogen-bond acceptors (Lipinski definition) is 4. The predicted octanol–water partition coefficient (Wildman–Crippen LogP) is 1.96. The normalized spacial score (nSPS) is 10.8. The van der Waals surface area contributed by atoms with E-state index in [4.69, 9.17) is 4.84 Å². The van der Waals surface area contributed by atoms with Crippen LogP contribution >= 0.6 is 11.3 Å². The monoisotopic (exact) mass is 184 g/mol. The van der Waals surface area contributed by atoms with Gasteiger partial charge >= 0.3 is 0 Å². The zero-order valence-electron chi connectivity index (χ0n) is 7.20. The summed E-state index contributed by atoms with van der Waals surface area (Å²) in [7, 11) is 0. The lowest BCUT2D eigenvalue weighted by atomic mass is 10.4. The quantitative estimate of drug-likeness (QED) is 0.573. The van der Waals surface area contributed by atoms with E-state index in [0.29, 0.717) is 6.61 Å². The zero-order valence-corrected chi connectivity index (χ0v) is 8.02. The van der Waals surface area contributed by atoms with E-state index in [0.717, 1.165) is 10.6 Å². The van der Waals surface area contributed by atoms with Crippen molar-refractivity contribution in [2.24, 2.45) is 0 Å². The van der Waals surface area contributed by atoms with Crippen molar-refractivity contribution in [3.8, 4) is 0 Å². The second kappa shape index (κ2) is 4.90. The minimum Gasteiger partial charge on any atom is -0.277 e. The Bertz CT molecular complexity index is 257. The molecule has 0 atom stereocenters. The summed E-state index contributed by atoms with van der Waals surface area (Å²) in [5, 5.41) is 0. The number of aryl methyl sites for hydroxylation is 1. The lowest BCUT2D eigenvalue weighted by Crippen LogP contribution is -2.04. The van der Waals surface area contributed by atoms with E-state index < -0.39 is 0 Å². The standard InChI is InChI=1S/C8H12N2OS/c1-3-11-10-5-4-8-7(2)9-6-12-8/h4-6,10H,3H2,1-2H3/b5-4+. The van der Waals surface area contributed by atoms with Crippen LogP contribution in [0, 0.1) is 6.92 Å². The van der Waals surface area contributed by atoms with Gasteiger partial charge in [-0.1, -0.05) is 0 Å². The maximum absolute atomic E-state index is 4.92. The number of nitrogens with one attached hydrogen (secondary N) is 1. The largest absolute Gasteiger partial charge is 0.277 e. The molecule has 0 bridgehead atoms. The summed E-state index contributed by atoms with van der Waals surface area (Å²) in [6, 6.07) is 0. The number of aromatic nitrogens is 1. The molecule has 0 aromatic carbocycles. The van der Waals surface area contributed by atoms with Crippen molar-refractivity contribution in [3.63, 3.8) is 0 Å². The summed E-state index contributed by atoms with van der Waals surface area (Å²) in [6.45, 7) is 4.57. The van der Waals surface area contributed by atoms with Gasteiger partial charge in [0.1, 0.15) is 0 Å². The smallest absolute Gasteiger partial charge is 0.0801 e. The molecule has 0 aliphatic heterocycles. The molecule has 1 rings (SSSR count). The summed E-state index contributed by atoms with van der Waals surface area (Å²) in [5.41, 5.74) is 5.58. The Labute approximate surface area is 76.0 Å². The maximum atomic E-state index is 4.92. The Morgan fingerprint density at radius 2 is 2.58 bits per heavy atom. The molecule has 0 amide bonds. The predicted molar refractivity (Wildman–Crippen MR) is 50.6 cm³/mol. The molecule has 1 aromatic heterocycles. The van der Waals surface area contributed by atoms with E-state index in [1.54, 1.807) is 17.5 Å². The molecule has 0 unspecified atom stereocenters. The molecule has 1 N–H and O–H groups in total. The summed E-state index contributed by atoms with van der Waals surface area (Å²) >= 11 is 1.61. The van der Waals surface area contributed by atoms with Crippen molar-refractivity contribution in [3.05, 3.63) is 22.3 Å². The van der Waals surface area contributed by atoms with Crippen LogP contribution in [0.5, 0.6) is 0 Å². The van der Waals surface area contributed by atoms with Crippen LogP contribution in [-0.4, -0.2) is 11.6 Å². The second-order valence-corrected chi connectivity index (χ2v) is 3.07. The Kier molecular flexibility index (Phi) is 3.76. The minimum absolute atomic E-state index is 0.659. The van der Waals surface area contributed by atoms with E-state index in [2.05, 4.69) is 10.5 Å². The van der Waals surface area contributed by atoms with Crippen molar-refractivity contribution >= 4 is 17.4 Å². The highest BCUT2D eigenvalue weighted by Crippen LogP contribution is 2.12. The third kappa shape index (κ3) is 2.64. The van der Waals surface area contributed by atoms with Crippen LogP contribution in [0.2, 0.25) is 0 Å². The van der Waals surface area contributed by atoms with E-state index in [9.17, 15) is 0 Å². The van der Waals surface area contributed by atoms with Gasteiger partial charge in [0.25, 0.3) is 0 Å². The van der Waals surface area contributed by atoms with Crippen LogP contribution in [0.1, 0.15) is 17.5 Å². The topological polar surface area (TPSA) is 34.1 Å². The highest BCUT2D eigenvalue weighted by atomic mass is 32.1. The van der Waals surface area contributed by atoms with E-state index in [1.807, 2.05) is 25.4 Å². The fourth-order valence-corrected chi connectivity index (χ4v) is 1.41. The van der Waals surface area contributed by atoms with Gasteiger partial charge in [0, 0.05) is 6.20 Å². The van der Waals surface area contributed by atoms with Crippen molar-refractivity contribution in [1.82, 2.24) is 10.5 Å². The number of hydroxylamine groups is 1. The summed E-state index contributed by atoms with van der Waals surface area (Å²) in [5.74, 6) is 0. The fraction of sp³-hybridized carbons (Fsp3) is 0.375. The molecule has 12 heavy (non-hydrogen) atoms. The van der Waals surface area contributed by atoms with Gasteiger partial charge in [-0.2, -0.15) is 0 Å². The number of thiazole rings is 1. The van der Waals surface area contributed by atoms with Crippen LogP contribution in [0.15, 0.2) is 11.7 Å². The van der Waals surface area contributed by atoms with Gasteiger partial charge in [-0.05, 0) is 19.9 Å². The summed E-state index contributed by atoms with van der Waals surface area (Å²) < 4.78 is 0. The first-order valence-electron chi connectivity index (χ1n) is 3.78. The average Bonchev–Trinajstić information content (AvgIpc) is 2.46. The average molecular weight is 184 g/mol. The fourth-order valence-electron chi connectivity index (χ4n) is 0.712. The van der Waals surface area contributed by atoms with Gasteiger partial charge in [0.2, 0.25) is 0 Å². The molecule has 4 heteroatoms. The number of rotatable bonds is 4. The highest BCUT2D eigenvalue weighted by molar-refractivity contribution is 7.10. The first-order valence-corrected chi connectivity index (χ1v) is 4.66. The molecule has 0 saturated heterocycles. The van der Waals surface area contributed by atoms with Crippen LogP contribution in [0.3, 0.4) is 0 Å². The molecular formula is C8H12N2OS. The van der Waals surface area contributed by atoms with Crippen LogP contribution in [-0.2, 0) is 4.84 Å². The molecule has 0 fully saturated rings. The third-order valence-electron chi connectivity index (χ3n) is 1.31. The van der Waals surface area contributed by atoms with Crippen molar-refractivity contribution in [2.75, 3.05) is 6.61 Å². The van der Waals surface area contributed by atoms with Gasteiger partial charge in [0.15, 0.2) is 0 Å². The van der Waals surface area contributed by atoms with Gasteiger partial charge in [-0.25, -0.2) is 4.98 Å². The first kappa shape index (κ1) is 9.22. The Morgan fingerprint density at radius 3 is 3.17 bits per heavy atom. The number of nitrogens with zero attached hydrogens (tertiary/aromatic N) is 1. The van der Waals surface area contributed by atoms with E-state index in [1.165, 1.54) is 0 Å². The molecule has 66 valence electrons. The van der Waals surface area contributed by atoms with Gasteiger partial charge in [0.05, 0.1) is 22.7 Å². The molecule has 0 aliphatic carbocycles. The zero-order chi connectivity index (χ0) is 8.81. The molecular weight excluding hydrogens is 172 g/mol. The molecule has 0 spiro atoms. The van der Waals surface area contributed by atoms with E-state index in [-0.39, 0.29) is 0 Å². The van der Waals surface area contributed by atoms with Crippen LogP contribution in [0.4, 0.5) is 0 Å². The van der Waals surface area contributed by atoms with Gasteiger partial charge in [-0.3, -0.25) is 10.3 Å². The lowest BCUT2D eigenvalue weighted by molar-refractivity contribution is 0.0831. The van der Waals surface area contributed by atoms with Crippen molar-refractivity contribution in [2.45, 2.75) is 13.8 Å². The minimum atomic E-state index is 0.659. The molecule has 1 heterocycles. The molecule has 0 radical (unpaired) electrons. The van der Waals surface area contributed by atoms with Crippen molar-refractivity contribution < 1.29 is 4.84 Å². The van der Waals surface area contributed by atoms with Gasteiger partial charge < -0.3 is 0 Å². The lowest BCUT2D eigenvalue weighted by Gasteiger charge is -1.95. The second-order valence-electron chi connectivity index (χ2n) is 2.19. The molecule has 1 aromatic rings. The Hall–Kier alpha value is -0.870. The highest BCUT2D eigenvalue weighted by Gasteiger charge is 1.94. The maximum Gasteiger partial charge on any atom is 0.0801 e. The molecule has 0 aliphatic rings. The van der Waals surface area contributed by atoms with Crippen LogP contribution < -0.4 is 5.48 Å². The summed E-state index contributed by atoms with van der Waals surface area (Å²) in [6.07, 6.45) is 3.71. The van der Waals surface area contributed by atoms with Crippen LogP contribution in [0.25, 0.3) is 6.08 Å². The third-order valence-corrected chi connectivity index (χ3v) is 2.21. The van der Waals surface area contributed by atoms with E-state index >= 15 is 0 Å². The Balaban J connectivity index is 2.41. The Morgan fingerprint density at radius 1 is 1.75 bits per heavy atom. The first-order chi connectivity index (χ1) is 5.84. The van der Waals surface area contributed by atoms with Crippen molar-refractivity contribution in [1.29, 1.82) is 0 Å². The summed E-state index contributed by atoms with van der Waals surface area (Å²) in [4.78, 5) is 10.2. The number of hydrogen-bond donors (Lipinski definition) is 1.